The van der Waals surface area contributed by atoms with Crippen LogP contribution >= 0.6 is 0 Å². The number of aromatic nitrogens is 2. The number of benzene rings is 2. The maximum atomic E-state index is 13.3. The summed E-state index contributed by atoms with van der Waals surface area (Å²) in [5, 5.41) is 11.4. The minimum Gasteiger partial charge on any atom is -0.329 e. The van der Waals surface area contributed by atoms with Crippen LogP contribution in [0.15, 0.2) is 48.7 Å². The molecule has 2 heterocycles. The van der Waals surface area contributed by atoms with E-state index in [4.69, 9.17) is 0 Å². The zero-order valence-electron chi connectivity index (χ0n) is 14.3. The third kappa shape index (κ3) is 2.91. The molecule has 2 aromatic carbocycles. The summed E-state index contributed by atoms with van der Waals surface area (Å²) in [5.41, 5.74) is 3.99. The van der Waals surface area contributed by atoms with Gasteiger partial charge in [0.1, 0.15) is 0 Å². The maximum absolute atomic E-state index is 13.3. The Morgan fingerprint density at radius 3 is 2.88 bits per heavy atom. The summed E-state index contributed by atoms with van der Waals surface area (Å²) in [6, 6.07) is 14.4. The van der Waals surface area contributed by atoms with Gasteiger partial charge >= 0.3 is 0 Å². The third-order valence-electron chi connectivity index (χ3n) is 4.98. The molecule has 4 rings (SSSR count). The van der Waals surface area contributed by atoms with Gasteiger partial charge in [0.25, 0.3) is 5.91 Å². The van der Waals surface area contributed by atoms with E-state index in [9.17, 15) is 4.79 Å². The summed E-state index contributed by atoms with van der Waals surface area (Å²) in [4.78, 5) is 15.2. The first kappa shape index (κ1) is 15.8. The monoisotopic (exact) mass is 334 g/mol. The van der Waals surface area contributed by atoms with Crippen LogP contribution in [0.3, 0.4) is 0 Å². The molecule has 1 aromatic heterocycles. The SMILES string of the molecule is CCc1ccc(C2CNCCN2C(=O)c2cccc3cn[nH]c23)cc1. The first-order valence-electron chi connectivity index (χ1n) is 8.80. The van der Waals surface area contributed by atoms with Crippen LogP contribution in [0.1, 0.15) is 34.5 Å². The van der Waals surface area contributed by atoms with E-state index < -0.39 is 0 Å². The summed E-state index contributed by atoms with van der Waals surface area (Å²) < 4.78 is 0. The van der Waals surface area contributed by atoms with Gasteiger partial charge in [-0.1, -0.05) is 43.3 Å². The van der Waals surface area contributed by atoms with Crippen molar-refractivity contribution in [3.8, 4) is 0 Å². The lowest BCUT2D eigenvalue weighted by molar-refractivity contribution is 0.0636. The molecule has 0 bridgehead atoms. The fourth-order valence-electron chi connectivity index (χ4n) is 3.52. The molecule has 5 nitrogen and oxygen atoms in total. The van der Waals surface area contributed by atoms with E-state index in [1.54, 1.807) is 6.20 Å². The molecule has 1 unspecified atom stereocenters. The number of fused-ring (bicyclic) bond motifs is 1. The second kappa shape index (κ2) is 6.69. The van der Waals surface area contributed by atoms with Crippen molar-refractivity contribution in [3.05, 3.63) is 65.4 Å². The number of hydrogen-bond donors (Lipinski definition) is 2. The topological polar surface area (TPSA) is 61.0 Å². The minimum absolute atomic E-state index is 0.0466. The van der Waals surface area contributed by atoms with Crippen LogP contribution in [-0.4, -0.2) is 40.6 Å². The van der Waals surface area contributed by atoms with Gasteiger partial charge in [0.05, 0.1) is 23.3 Å². The zero-order chi connectivity index (χ0) is 17.2. The predicted molar refractivity (Wildman–Crippen MR) is 98.6 cm³/mol. The number of H-pyrrole nitrogens is 1. The van der Waals surface area contributed by atoms with Crippen molar-refractivity contribution in [1.82, 2.24) is 20.4 Å². The standard InChI is InChI=1S/C20H22N4O/c1-2-14-6-8-15(9-7-14)18-13-21-10-11-24(18)20(25)17-5-3-4-16-12-22-23-19(16)17/h3-9,12,18,21H,2,10-11,13H2,1H3,(H,22,23). The molecule has 0 radical (unpaired) electrons. The van der Waals surface area contributed by atoms with E-state index in [0.717, 1.165) is 30.4 Å². The lowest BCUT2D eigenvalue weighted by Crippen LogP contribution is -2.48. The number of nitrogens with one attached hydrogen (secondary N) is 2. The molecule has 1 atom stereocenters. The lowest BCUT2D eigenvalue weighted by Gasteiger charge is -2.36. The molecule has 3 aromatic rings. The van der Waals surface area contributed by atoms with E-state index >= 15 is 0 Å². The van der Waals surface area contributed by atoms with Crippen LogP contribution in [0.5, 0.6) is 0 Å². The number of aromatic amines is 1. The summed E-state index contributed by atoms with van der Waals surface area (Å²) >= 11 is 0. The molecule has 1 fully saturated rings. The van der Waals surface area contributed by atoms with Gasteiger partial charge in [-0.15, -0.1) is 0 Å². The second-order valence-corrected chi connectivity index (χ2v) is 6.45. The zero-order valence-corrected chi connectivity index (χ0v) is 14.3. The molecule has 5 heteroatoms. The molecule has 25 heavy (non-hydrogen) atoms. The van der Waals surface area contributed by atoms with Gasteiger partial charge in [-0.05, 0) is 23.6 Å². The van der Waals surface area contributed by atoms with E-state index in [1.807, 2.05) is 23.1 Å². The molecular formula is C20H22N4O. The highest BCUT2D eigenvalue weighted by molar-refractivity contribution is 6.05. The normalized spacial score (nSPS) is 17.8. The second-order valence-electron chi connectivity index (χ2n) is 6.45. The van der Waals surface area contributed by atoms with Crippen molar-refractivity contribution in [2.24, 2.45) is 0 Å². The van der Waals surface area contributed by atoms with Crippen molar-refractivity contribution in [2.75, 3.05) is 19.6 Å². The minimum atomic E-state index is 0.0466. The Morgan fingerprint density at radius 2 is 2.08 bits per heavy atom. The fourth-order valence-corrected chi connectivity index (χ4v) is 3.52. The van der Waals surface area contributed by atoms with Crippen molar-refractivity contribution in [2.45, 2.75) is 19.4 Å². The summed E-state index contributed by atoms with van der Waals surface area (Å²) in [6.45, 7) is 4.44. The Balaban J connectivity index is 1.68. The highest BCUT2D eigenvalue weighted by Crippen LogP contribution is 2.26. The molecule has 1 aliphatic rings. The van der Waals surface area contributed by atoms with Crippen LogP contribution < -0.4 is 5.32 Å². The Labute approximate surface area is 147 Å². The van der Waals surface area contributed by atoms with Gasteiger partial charge in [0.2, 0.25) is 0 Å². The first-order valence-corrected chi connectivity index (χ1v) is 8.80. The van der Waals surface area contributed by atoms with Crippen LogP contribution in [0.4, 0.5) is 0 Å². The molecule has 2 N–H and O–H groups in total. The van der Waals surface area contributed by atoms with Crippen molar-refractivity contribution < 1.29 is 4.79 Å². The molecule has 1 amide bonds. The number of hydrogen-bond acceptors (Lipinski definition) is 3. The number of amides is 1. The number of para-hydroxylation sites is 1. The Morgan fingerprint density at radius 1 is 1.24 bits per heavy atom. The molecule has 0 saturated carbocycles. The fraction of sp³-hybridized carbons (Fsp3) is 0.300. The maximum Gasteiger partial charge on any atom is 0.256 e. The lowest BCUT2D eigenvalue weighted by atomic mass is 9.99. The number of rotatable bonds is 3. The van der Waals surface area contributed by atoms with Gasteiger partial charge in [0, 0.05) is 25.0 Å². The van der Waals surface area contributed by atoms with Crippen LogP contribution in [-0.2, 0) is 6.42 Å². The molecule has 0 aliphatic carbocycles. The number of carbonyl (C=O) groups is 1. The van der Waals surface area contributed by atoms with Gasteiger partial charge in [0.15, 0.2) is 0 Å². The molecule has 1 saturated heterocycles. The molecule has 0 spiro atoms. The first-order chi connectivity index (χ1) is 12.3. The Kier molecular flexibility index (Phi) is 4.24. The Bertz CT molecular complexity index is 884. The number of aryl methyl sites for hydroxylation is 1. The van der Waals surface area contributed by atoms with E-state index in [1.165, 1.54) is 11.1 Å². The molecule has 1 aliphatic heterocycles. The van der Waals surface area contributed by atoms with Crippen molar-refractivity contribution >= 4 is 16.8 Å². The average Bonchev–Trinajstić information content (AvgIpc) is 3.16. The van der Waals surface area contributed by atoms with Gasteiger partial charge in [-0.25, -0.2) is 0 Å². The summed E-state index contributed by atoms with van der Waals surface area (Å²) in [7, 11) is 0. The molecule has 128 valence electrons. The van der Waals surface area contributed by atoms with Gasteiger partial charge < -0.3 is 10.2 Å². The summed E-state index contributed by atoms with van der Waals surface area (Å²) in [6.07, 6.45) is 2.78. The summed E-state index contributed by atoms with van der Waals surface area (Å²) in [5.74, 6) is 0.0564. The molecular weight excluding hydrogens is 312 g/mol. The smallest absolute Gasteiger partial charge is 0.256 e. The van der Waals surface area contributed by atoms with Crippen LogP contribution in [0, 0.1) is 0 Å². The number of carbonyl (C=O) groups excluding carboxylic acids is 1. The quantitative estimate of drug-likeness (QED) is 0.774. The Hall–Kier alpha value is -2.66. The number of piperazine rings is 1. The van der Waals surface area contributed by atoms with Gasteiger partial charge in [-0.2, -0.15) is 5.10 Å². The van der Waals surface area contributed by atoms with E-state index in [2.05, 4.69) is 46.7 Å². The third-order valence-corrected chi connectivity index (χ3v) is 4.98. The van der Waals surface area contributed by atoms with E-state index in [-0.39, 0.29) is 11.9 Å². The number of nitrogens with zero attached hydrogens (tertiary/aromatic N) is 2. The predicted octanol–water partition coefficient (Wildman–Crippen LogP) is 2.91. The highest BCUT2D eigenvalue weighted by Gasteiger charge is 2.29. The average molecular weight is 334 g/mol. The van der Waals surface area contributed by atoms with Gasteiger partial charge in [-0.3, -0.25) is 9.89 Å². The largest absolute Gasteiger partial charge is 0.329 e. The van der Waals surface area contributed by atoms with Crippen LogP contribution in [0.2, 0.25) is 0 Å². The van der Waals surface area contributed by atoms with Crippen molar-refractivity contribution in [3.63, 3.8) is 0 Å². The highest BCUT2D eigenvalue weighted by atomic mass is 16.2. The van der Waals surface area contributed by atoms with E-state index in [0.29, 0.717) is 12.1 Å². The van der Waals surface area contributed by atoms with Crippen molar-refractivity contribution in [1.29, 1.82) is 0 Å². The van der Waals surface area contributed by atoms with Crippen LogP contribution in [0.25, 0.3) is 10.9 Å².